The highest BCUT2D eigenvalue weighted by molar-refractivity contribution is 6.30. The van der Waals surface area contributed by atoms with E-state index in [0.29, 0.717) is 5.02 Å². The number of urea groups is 1. The van der Waals surface area contributed by atoms with Crippen LogP contribution in [-0.4, -0.2) is 92.1 Å². The first-order valence-corrected chi connectivity index (χ1v) is 14.7. The molecular weight excluding hydrogens is 609 g/mol. The Labute approximate surface area is 262 Å². The van der Waals surface area contributed by atoms with Gasteiger partial charge >= 0.3 is 12.0 Å². The van der Waals surface area contributed by atoms with Crippen LogP contribution < -0.4 is 15.8 Å². The van der Waals surface area contributed by atoms with E-state index in [1.807, 2.05) is 0 Å². The molecule has 3 aromatic rings. The largest absolute Gasteiger partial charge is 0.459 e. The molecule has 4 amide bonds. The summed E-state index contributed by atoms with van der Waals surface area (Å²) in [6.45, 7) is 6.11. The van der Waals surface area contributed by atoms with Gasteiger partial charge in [0.2, 0.25) is 5.91 Å². The van der Waals surface area contributed by atoms with E-state index >= 15 is 0 Å². The Morgan fingerprint density at radius 3 is 2.42 bits per heavy atom. The summed E-state index contributed by atoms with van der Waals surface area (Å²) < 4.78 is 20.4. The standard InChI is InChI=1S/C30H33ClFN7O6/c1-29(2,3)45-24(41)15-36-9-10-38(28(36)44)22-13-33-25-21(35-22)11-20(26(42)34-12-18-5-7-19(31)8-6-18)27(43)39(25)14-23(40)37-16-30(4,32)17-37/h5-8,11,13H,9-10,12,14-17H2,1-4H3,(H,34,42). The van der Waals surface area contributed by atoms with Crippen molar-refractivity contribution >= 4 is 52.4 Å². The van der Waals surface area contributed by atoms with E-state index < -0.39 is 47.2 Å². The Balaban J connectivity index is 1.44. The van der Waals surface area contributed by atoms with E-state index in [9.17, 15) is 28.4 Å². The number of hydrogen-bond acceptors (Lipinski definition) is 8. The van der Waals surface area contributed by atoms with E-state index in [1.54, 1.807) is 45.0 Å². The number of pyridine rings is 1. The van der Waals surface area contributed by atoms with E-state index in [0.717, 1.165) is 10.1 Å². The molecule has 2 aliphatic rings. The highest BCUT2D eigenvalue weighted by Crippen LogP contribution is 2.25. The number of rotatable bonds is 8. The minimum atomic E-state index is -1.51. The zero-order chi connectivity index (χ0) is 32.7. The lowest BCUT2D eigenvalue weighted by atomic mass is 9.99. The molecule has 0 bridgehead atoms. The van der Waals surface area contributed by atoms with Gasteiger partial charge in [-0.2, -0.15) is 0 Å². The number of benzene rings is 1. The minimum absolute atomic E-state index is 0.00661. The zero-order valence-corrected chi connectivity index (χ0v) is 26.1. The molecule has 4 heterocycles. The Hall–Kier alpha value is -4.59. The number of alkyl halides is 1. The van der Waals surface area contributed by atoms with E-state index in [2.05, 4.69) is 15.3 Å². The maximum absolute atomic E-state index is 14.1. The van der Waals surface area contributed by atoms with Gasteiger partial charge in [0, 0.05) is 24.7 Å². The van der Waals surface area contributed by atoms with Gasteiger partial charge < -0.3 is 19.9 Å². The summed E-state index contributed by atoms with van der Waals surface area (Å²) in [6, 6.07) is 7.55. The first kappa shape index (κ1) is 31.8. The normalized spacial score (nSPS) is 16.1. The fraction of sp³-hybridized carbons (Fsp3) is 0.433. The number of aromatic nitrogens is 3. The molecule has 238 valence electrons. The number of likely N-dealkylation sites (tertiary alicyclic amines) is 1. The van der Waals surface area contributed by atoms with Crippen molar-refractivity contribution in [2.24, 2.45) is 0 Å². The van der Waals surface area contributed by atoms with Gasteiger partial charge in [-0.25, -0.2) is 19.2 Å². The van der Waals surface area contributed by atoms with Crippen molar-refractivity contribution in [3.8, 4) is 0 Å². The van der Waals surface area contributed by atoms with Gasteiger partial charge in [-0.3, -0.25) is 28.6 Å². The summed E-state index contributed by atoms with van der Waals surface area (Å²) in [4.78, 5) is 78.1. The van der Waals surface area contributed by atoms with Crippen molar-refractivity contribution in [3.63, 3.8) is 0 Å². The second-order valence-electron chi connectivity index (χ2n) is 12.3. The Morgan fingerprint density at radius 2 is 1.78 bits per heavy atom. The van der Waals surface area contributed by atoms with Crippen LogP contribution in [0.25, 0.3) is 11.2 Å². The monoisotopic (exact) mass is 641 g/mol. The number of carbonyl (C=O) groups excluding carboxylic acids is 4. The van der Waals surface area contributed by atoms with Crippen LogP contribution in [0.2, 0.25) is 5.02 Å². The fourth-order valence-electron chi connectivity index (χ4n) is 5.08. The van der Waals surface area contributed by atoms with Gasteiger partial charge in [-0.15, -0.1) is 0 Å². The van der Waals surface area contributed by atoms with Gasteiger partial charge in [-0.05, 0) is 51.5 Å². The summed E-state index contributed by atoms with van der Waals surface area (Å²) >= 11 is 5.94. The molecule has 0 aliphatic carbocycles. The maximum Gasteiger partial charge on any atom is 0.326 e. The topological polar surface area (TPSA) is 147 Å². The van der Waals surface area contributed by atoms with Gasteiger partial charge in [0.1, 0.15) is 35.4 Å². The number of anilines is 1. The molecule has 0 unspecified atom stereocenters. The van der Waals surface area contributed by atoms with Crippen LogP contribution in [0.15, 0.2) is 41.3 Å². The quantitative estimate of drug-likeness (QED) is 0.369. The molecule has 1 aromatic carbocycles. The average Bonchev–Trinajstić information content (AvgIpc) is 3.30. The SMILES string of the molecule is CC1(F)CN(C(=O)Cn2c(=O)c(C(=O)NCc3ccc(Cl)cc3)cc3nc(N4CCN(CC(=O)OC(C)(C)C)C4=O)cnc32)C1. The van der Waals surface area contributed by atoms with Crippen molar-refractivity contribution < 1.29 is 28.3 Å². The number of carbonyl (C=O) groups is 4. The third-order valence-electron chi connectivity index (χ3n) is 7.19. The zero-order valence-electron chi connectivity index (χ0n) is 25.3. The molecule has 2 saturated heterocycles. The van der Waals surface area contributed by atoms with Gasteiger partial charge in [0.25, 0.3) is 11.5 Å². The van der Waals surface area contributed by atoms with Crippen molar-refractivity contribution in [3.05, 3.63) is 63.0 Å². The molecule has 1 N–H and O–H groups in total. The lowest BCUT2D eigenvalue weighted by Gasteiger charge is -2.42. The molecule has 13 nitrogen and oxygen atoms in total. The second kappa shape index (κ2) is 12.1. The molecule has 5 rings (SSSR count). The fourth-order valence-corrected chi connectivity index (χ4v) is 5.21. The van der Waals surface area contributed by atoms with Crippen LogP contribution in [0.4, 0.5) is 15.0 Å². The molecule has 15 heteroatoms. The Kier molecular flexibility index (Phi) is 8.53. The lowest BCUT2D eigenvalue weighted by Crippen LogP contribution is -2.60. The first-order valence-electron chi connectivity index (χ1n) is 14.3. The summed E-state index contributed by atoms with van der Waals surface area (Å²) in [6.07, 6.45) is 1.28. The van der Waals surface area contributed by atoms with E-state index in [-0.39, 0.29) is 61.8 Å². The van der Waals surface area contributed by atoms with Crippen LogP contribution in [0.3, 0.4) is 0 Å². The molecule has 0 spiro atoms. The molecule has 2 aliphatic heterocycles. The Morgan fingerprint density at radius 1 is 1.09 bits per heavy atom. The van der Waals surface area contributed by atoms with Crippen LogP contribution in [0.1, 0.15) is 43.6 Å². The van der Waals surface area contributed by atoms with Gasteiger partial charge in [-0.1, -0.05) is 23.7 Å². The van der Waals surface area contributed by atoms with Crippen LogP contribution >= 0.6 is 11.6 Å². The number of hydrogen-bond donors (Lipinski definition) is 1. The number of nitrogens with zero attached hydrogens (tertiary/aromatic N) is 6. The predicted octanol–water partition coefficient (Wildman–Crippen LogP) is 2.53. The molecule has 0 radical (unpaired) electrons. The highest BCUT2D eigenvalue weighted by atomic mass is 35.5. The summed E-state index contributed by atoms with van der Waals surface area (Å²) in [5.41, 5.74) is -2.48. The Bertz CT molecular complexity index is 1730. The summed E-state index contributed by atoms with van der Waals surface area (Å²) in [5, 5.41) is 3.22. The number of esters is 1. The van der Waals surface area contributed by atoms with Crippen LogP contribution in [0, 0.1) is 0 Å². The average molecular weight is 642 g/mol. The highest BCUT2D eigenvalue weighted by Gasteiger charge is 2.41. The summed E-state index contributed by atoms with van der Waals surface area (Å²) in [7, 11) is 0. The number of fused-ring (bicyclic) bond motifs is 1. The van der Waals surface area contributed by atoms with Crippen molar-refractivity contribution in [2.75, 3.05) is 37.6 Å². The third-order valence-corrected chi connectivity index (χ3v) is 7.44. The van der Waals surface area contributed by atoms with Crippen molar-refractivity contribution in [1.29, 1.82) is 0 Å². The van der Waals surface area contributed by atoms with Crippen molar-refractivity contribution in [1.82, 2.24) is 29.7 Å². The maximum atomic E-state index is 14.1. The van der Waals surface area contributed by atoms with E-state index in [1.165, 1.54) is 33.9 Å². The summed E-state index contributed by atoms with van der Waals surface area (Å²) in [5.74, 6) is -1.67. The van der Waals surface area contributed by atoms with Gasteiger partial charge in [0.15, 0.2) is 11.5 Å². The van der Waals surface area contributed by atoms with E-state index in [4.69, 9.17) is 16.3 Å². The first-order chi connectivity index (χ1) is 21.1. The van der Waals surface area contributed by atoms with Crippen LogP contribution in [0.5, 0.6) is 0 Å². The minimum Gasteiger partial charge on any atom is -0.459 e. The number of ether oxygens (including phenoxy) is 1. The number of nitrogens with one attached hydrogen (secondary N) is 1. The molecular formula is C30H33ClFN7O6. The predicted molar refractivity (Wildman–Crippen MR) is 163 cm³/mol. The second-order valence-corrected chi connectivity index (χ2v) is 12.7. The molecule has 2 aromatic heterocycles. The smallest absolute Gasteiger partial charge is 0.326 e. The van der Waals surface area contributed by atoms with Crippen molar-refractivity contribution in [2.45, 2.75) is 52.1 Å². The molecule has 45 heavy (non-hydrogen) atoms. The van der Waals surface area contributed by atoms with Gasteiger partial charge in [0.05, 0.1) is 19.3 Å². The molecule has 0 saturated carbocycles. The number of amides is 4. The molecule has 2 fully saturated rings. The lowest BCUT2D eigenvalue weighted by molar-refractivity contribution is -0.155. The van der Waals surface area contributed by atoms with Crippen LogP contribution in [-0.2, 0) is 27.4 Å². The third kappa shape index (κ3) is 7.22. The number of halogens is 2. The molecule has 0 atom stereocenters.